The number of halogens is 1. The van der Waals surface area contributed by atoms with E-state index in [1.54, 1.807) is 24.3 Å². The lowest BCUT2D eigenvalue weighted by Crippen LogP contribution is -2.43. The molecule has 1 amide bonds. The highest BCUT2D eigenvalue weighted by atomic mass is 35.5. The van der Waals surface area contributed by atoms with Crippen molar-refractivity contribution in [3.05, 3.63) is 47.5 Å². The van der Waals surface area contributed by atoms with E-state index in [2.05, 4.69) is 5.43 Å². The molecule has 0 radical (unpaired) electrons. The zero-order valence-electron chi connectivity index (χ0n) is 14.0. The van der Waals surface area contributed by atoms with Crippen LogP contribution < -0.4 is 24.5 Å². The first-order chi connectivity index (χ1) is 12.4. The first-order valence-electron chi connectivity index (χ1n) is 7.27. The Balaban J connectivity index is 1.97. The van der Waals surface area contributed by atoms with Crippen molar-refractivity contribution in [3.63, 3.8) is 0 Å². The van der Waals surface area contributed by atoms with E-state index in [9.17, 15) is 13.2 Å². The van der Waals surface area contributed by atoms with Crippen molar-refractivity contribution in [2.24, 2.45) is 0 Å². The molecule has 10 heteroatoms. The molecule has 140 valence electrons. The summed E-state index contributed by atoms with van der Waals surface area (Å²) in [6.45, 7) is -0.418. The summed E-state index contributed by atoms with van der Waals surface area (Å²) >= 11 is 5.90. The summed E-state index contributed by atoms with van der Waals surface area (Å²) in [4.78, 5) is 13.6. The lowest BCUT2D eigenvalue weighted by Gasteiger charge is -2.12. The van der Waals surface area contributed by atoms with Gasteiger partial charge < -0.3 is 14.2 Å². The highest BCUT2D eigenvalue weighted by Crippen LogP contribution is 2.29. The molecule has 0 spiro atoms. The van der Waals surface area contributed by atoms with Gasteiger partial charge in [0.2, 0.25) is 0 Å². The lowest BCUT2D eigenvalue weighted by molar-refractivity contribution is -0.123. The van der Waals surface area contributed by atoms with Gasteiger partial charge in [-0.05, 0) is 24.3 Å². The molecular weight excluding hydrogens is 384 g/mol. The molecule has 0 bridgehead atoms. The fourth-order valence-corrected chi connectivity index (χ4v) is 2.97. The minimum atomic E-state index is -4.00. The maximum Gasteiger partial charge on any atom is 0.272 e. The highest BCUT2D eigenvalue weighted by Gasteiger charge is 2.18. The molecule has 2 rings (SSSR count). The minimum Gasteiger partial charge on any atom is -0.493 e. The number of para-hydroxylation sites is 1. The number of methoxy groups -OCH3 is 2. The molecular formula is C16H17ClN2O6S. The minimum absolute atomic E-state index is 0.109. The number of amides is 1. The zero-order chi connectivity index (χ0) is 19.2. The Kier molecular flexibility index (Phi) is 6.67. The van der Waals surface area contributed by atoms with E-state index in [4.69, 9.17) is 25.8 Å². The summed E-state index contributed by atoms with van der Waals surface area (Å²) in [5.41, 5.74) is 2.06. The first-order valence-corrected chi connectivity index (χ1v) is 9.13. The van der Waals surface area contributed by atoms with Crippen molar-refractivity contribution < 1.29 is 27.4 Å². The van der Waals surface area contributed by atoms with Gasteiger partial charge in [0, 0.05) is 6.07 Å². The Labute approximate surface area is 156 Å². The van der Waals surface area contributed by atoms with Crippen molar-refractivity contribution in [1.82, 2.24) is 10.3 Å². The van der Waals surface area contributed by atoms with Crippen LogP contribution in [0.1, 0.15) is 0 Å². The second kappa shape index (κ2) is 8.75. The van der Waals surface area contributed by atoms with Gasteiger partial charge >= 0.3 is 0 Å². The molecule has 0 unspecified atom stereocenters. The Hall–Kier alpha value is -2.49. The second-order valence-corrected chi connectivity index (χ2v) is 6.98. The molecule has 0 aromatic heterocycles. The van der Waals surface area contributed by atoms with Gasteiger partial charge in [0.25, 0.3) is 15.9 Å². The second-order valence-electron chi connectivity index (χ2n) is 4.89. The number of hydrogen-bond donors (Lipinski definition) is 2. The molecule has 26 heavy (non-hydrogen) atoms. The number of carbonyl (C=O) groups is 1. The van der Waals surface area contributed by atoms with Crippen LogP contribution in [0.2, 0.25) is 5.02 Å². The third-order valence-corrected chi connectivity index (χ3v) is 4.74. The average Bonchev–Trinajstić information content (AvgIpc) is 2.65. The van der Waals surface area contributed by atoms with Crippen LogP contribution >= 0.6 is 11.6 Å². The molecule has 0 aliphatic heterocycles. The summed E-state index contributed by atoms with van der Waals surface area (Å²) in [7, 11) is -1.18. The lowest BCUT2D eigenvalue weighted by atomic mass is 10.3. The third kappa shape index (κ3) is 5.01. The number of nitrogens with one attached hydrogen (secondary N) is 2. The van der Waals surface area contributed by atoms with Crippen molar-refractivity contribution in [2.45, 2.75) is 4.90 Å². The standard InChI is InChI=1S/C16H17ClN2O6S/c1-23-14-8-7-11(9-15(14)24-2)26(21,22)19-18-16(20)10-25-13-6-4-3-5-12(13)17/h3-9,19H,10H2,1-2H3,(H,18,20). The summed E-state index contributed by atoms with van der Waals surface area (Å²) in [5.74, 6) is 0.230. The van der Waals surface area contributed by atoms with Gasteiger partial charge in [-0.3, -0.25) is 10.2 Å². The fraction of sp³-hybridized carbons (Fsp3) is 0.188. The van der Waals surface area contributed by atoms with Crippen LogP contribution in [0.5, 0.6) is 17.2 Å². The number of carbonyl (C=O) groups excluding carboxylic acids is 1. The van der Waals surface area contributed by atoms with Gasteiger partial charge in [-0.1, -0.05) is 23.7 Å². The predicted octanol–water partition coefficient (Wildman–Crippen LogP) is 1.75. The van der Waals surface area contributed by atoms with Gasteiger partial charge in [-0.25, -0.2) is 8.42 Å². The van der Waals surface area contributed by atoms with Crippen LogP contribution in [0.3, 0.4) is 0 Å². The summed E-state index contributed by atoms with van der Waals surface area (Å²) < 4.78 is 39.8. The smallest absolute Gasteiger partial charge is 0.272 e. The van der Waals surface area contributed by atoms with Gasteiger partial charge in [0.15, 0.2) is 18.1 Å². The molecule has 2 aromatic carbocycles. The van der Waals surface area contributed by atoms with Crippen molar-refractivity contribution in [2.75, 3.05) is 20.8 Å². The maximum atomic E-state index is 12.2. The number of hydrogen-bond acceptors (Lipinski definition) is 6. The van der Waals surface area contributed by atoms with E-state index >= 15 is 0 Å². The van der Waals surface area contributed by atoms with Crippen molar-refractivity contribution in [3.8, 4) is 17.2 Å². The Morgan fingerprint density at radius 2 is 1.73 bits per heavy atom. The molecule has 0 saturated carbocycles. The van der Waals surface area contributed by atoms with E-state index < -0.39 is 22.5 Å². The highest BCUT2D eigenvalue weighted by molar-refractivity contribution is 7.89. The van der Waals surface area contributed by atoms with Crippen LogP contribution in [0, 0.1) is 0 Å². The molecule has 2 aromatic rings. The molecule has 8 nitrogen and oxygen atoms in total. The maximum absolute atomic E-state index is 12.2. The van der Waals surface area contributed by atoms with E-state index in [0.717, 1.165) is 0 Å². The van der Waals surface area contributed by atoms with Gasteiger partial charge in [-0.15, -0.1) is 4.83 Å². The number of benzene rings is 2. The first kappa shape index (κ1) is 19.8. The van der Waals surface area contributed by atoms with E-state index in [1.807, 2.05) is 4.83 Å². The topological polar surface area (TPSA) is 103 Å². The molecule has 0 saturated heterocycles. The molecule has 0 aliphatic rings. The van der Waals surface area contributed by atoms with Crippen LogP contribution in [-0.4, -0.2) is 35.2 Å². The molecule has 0 atom stereocenters. The fourth-order valence-electron chi connectivity index (χ4n) is 1.91. The number of sulfonamides is 1. The summed E-state index contributed by atoms with van der Waals surface area (Å²) in [5, 5.41) is 0.339. The summed E-state index contributed by atoms with van der Waals surface area (Å²) in [6.07, 6.45) is 0. The molecule has 0 aliphatic carbocycles. The van der Waals surface area contributed by atoms with Crippen LogP contribution in [0.4, 0.5) is 0 Å². The van der Waals surface area contributed by atoms with Gasteiger partial charge in [-0.2, -0.15) is 0 Å². The Bertz CT molecular complexity index is 888. The number of hydrazine groups is 1. The van der Waals surface area contributed by atoms with Crippen LogP contribution in [0.25, 0.3) is 0 Å². The van der Waals surface area contributed by atoms with Crippen LogP contribution in [0.15, 0.2) is 47.4 Å². The third-order valence-electron chi connectivity index (χ3n) is 3.19. The van der Waals surface area contributed by atoms with E-state index in [-0.39, 0.29) is 10.6 Å². The quantitative estimate of drug-likeness (QED) is 0.654. The largest absolute Gasteiger partial charge is 0.493 e. The summed E-state index contributed by atoms with van der Waals surface area (Å²) in [6, 6.07) is 10.6. The predicted molar refractivity (Wildman–Crippen MR) is 95.0 cm³/mol. The van der Waals surface area contributed by atoms with E-state index in [1.165, 1.54) is 32.4 Å². The van der Waals surface area contributed by atoms with Crippen LogP contribution in [-0.2, 0) is 14.8 Å². The van der Waals surface area contributed by atoms with Crippen molar-refractivity contribution in [1.29, 1.82) is 0 Å². The SMILES string of the molecule is COc1ccc(S(=O)(=O)NNC(=O)COc2ccccc2Cl)cc1OC. The van der Waals surface area contributed by atoms with E-state index in [0.29, 0.717) is 16.5 Å². The zero-order valence-corrected chi connectivity index (χ0v) is 15.6. The number of ether oxygens (including phenoxy) is 3. The molecule has 0 heterocycles. The van der Waals surface area contributed by atoms with Gasteiger partial charge in [0.05, 0.1) is 24.1 Å². The van der Waals surface area contributed by atoms with Crippen molar-refractivity contribution >= 4 is 27.5 Å². The van der Waals surface area contributed by atoms with Gasteiger partial charge in [0.1, 0.15) is 5.75 Å². The average molecular weight is 401 g/mol. The number of rotatable bonds is 8. The normalized spacial score (nSPS) is 10.9. The Morgan fingerprint density at radius 1 is 1.04 bits per heavy atom. The molecule has 0 fully saturated rings. The Morgan fingerprint density at radius 3 is 2.38 bits per heavy atom. The monoisotopic (exact) mass is 400 g/mol. The molecule has 2 N–H and O–H groups in total.